The smallest absolute Gasteiger partial charge is 0.217 e. The minimum Gasteiger partial charge on any atom is -0.394 e. The van der Waals surface area contributed by atoms with E-state index in [9.17, 15) is 20.1 Å². The van der Waals surface area contributed by atoms with Crippen molar-refractivity contribution in [1.82, 2.24) is 5.32 Å². The summed E-state index contributed by atoms with van der Waals surface area (Å²) in [5, 5.41) is 31.7. The molecule has 1 saturated heterocycles. The summed E-state index contributed by atoms with van der Waals surface area (Å²) >= 11 is 0. The molecular formula is C15H21NO6. The molecule has 1 aliphatic heterocycles. The van der Waals surface area contributed by atoms with Gasteiger partial charge in [0.2, 0.25) is 5.91 Å². The second-order valence-electron chi connectivity index (χ2n) is 5.23. The number of aliphatic hydroxyl groups excluding tert-OH is 3. The Kier molecular flexibility index (Phi) is 5.87. The van der Waals surface area contributed by atoms with Gasteiger partial charge in [-0.1, -0.05) is 30.3 Å². The molecule has 0 radical (unpaired) electrons. The Bertz CT molecular complexity index is 482. The van der Waals surface area contributed by atoms with Crippen molar-refractivity contribution in [2.45, 2.75) is 44.2 Å². The highest BCUT2D eigenvalue weighted by Gasteiger charge is 2.45. The molecule has 2 rings (SSSR count). The zero-order valence-electron chi connectivity index (χ0n) is 12.3. The van der Waals surface area contributed by atoms with Crippen LogP contribution in [0.4, 0.5) is 0 Å². The largest absolute Gasteiger partial charge is 0.394 e. The molecule has 0 unspecified atom stereocenters. The number of rotatable bonds is 5. The number of benzene rings is 1. The number of hydrogen-bond donors (Lipinski definition) is 4. The first-order chi connectivity index (χ1) is 10.5. The minimum absolute atomic E-state index is 0.211. The first-order valence-corrected chi connectivity index (χ1v) is 7.08. The van der Waals surface area contributed by atoms with E-state index < -0.39 is 37.3 Å². The lowest BCUT2D eigenvalue weighted by molar-refractivity contribution is -0.273. The third-order valence-electron chi connectivity index (χ3n) is 3.51. The van der Waals surface area contributed by atoms with Crippen LogP contribution in [0.15, 0.2) is 30.3 Å². The number of hydrogen-bond acceptors (Lipinski definition) is 6. The second kappa shape index (κ2) is 7.66. The molecule has 0 aromatic heterocycles. The fourth-order valence-electron chi connectivity index (χ4n) is 2.37. The van der Waals surface area contributed by atoms with Crippen LogP contribution in [-0.2, 0) is 20.9 Å². The van der Waals surface area contributed by atoms with E-state index in [2.05, 4.69) is 5.32 Å². The molecule has 0 bridgehead atoms. The molecular weight excluding hydrogens is 290 g/mol. The SMILES string of the molecule is CC(=O)N[C@H]1[C@H](OCc2ccccc2)O[C@H](CO)[C@H](O)[C@H]1O. The predicted molar refractivity (Wildman–Crippen MR) is 76.6 cm³/mol. The maximum Gasteiger partial charge on any atom is 0.217 e. The van der Waals surface area contributed by atoms with Gasteiger partial charge in [-0.15, -0.1) is 0 Å². The van der Waals surface area contributed by atoms with Crippen LogP contribution in [0.2, 0.25) is 0 Å². The first-order valence-electron chi connectivity index (χ1n) is 7.08. The summed E-state index contributed by atoms with van der Waals surface area (Å²) in [6.07, 6.45) is -4.55. The summed E-state index contributed by atoms with van der Waals surface area (Å²) in [6, 6.07) is 8.42. The Morgan fingerprint density at radius 3 is 2.55 bits per heavy atom. The third kappa shape index (κ3) is 4.02. The monoisotopic (exact) mass is 311 g/mol. The molecule has 5 atom stereocenters. The van der Waals surface area contributed by atoms with E-state index in [-0.39, 0.29) is 12.5 Å². The fourth-order valence-corrected chi connectivity index (χ4v) is 2.37. The van der Waals surface area contributed by atoms with Gasteiger partial charge in [0.1, 0.15) is 24.4 Å². The Balaban J connectivity index is 2.07. The minimum atomic E-state index is -1.31. The molecule has 0 aliphatic carbocycles. The summed E-state index contributed by atoms with van der Waals surface area (Å²) in [5.41, 5.74) is 0.897. The van der Waals surface area contributed by atoms with Gasteiger partial charge in [0.15, 0.2) is 6.29 Å². The Morgan fingerprint density at radius 1 is 1.27 bits per heavy atom. The van der Waals surface area contributed by atoms with E-state index >= 15 is 0 Å². The first kappa shape index (κ1) is 16.9. The molecule has 1 heterocycles. The van der Waals surface area contributed by atoms with Gasteiger partial charge in [-0.05, 0) is 5.56 Å². The highest BCUT2D eigenvalue weighted by Crippen LogP contribution is 2.23. The van der Waals surface area contributed by atoms with Gasteiger partial charge >= 0.3 is 0 Å². The lowest BCUT2D eigenvalue weighted by atomic mass is 9.97. The number of nitrogens with one attached hydrogen (secondary N) is 1. The summed E-state index contributed by atoms with van der Waals surface area (Å²) in [4.78, 5) is 11.3. The van der Waals surface area contributed by atoms with Crippen molar-refractivity contribution in [1.29, 1.82) is 0 Å². The molecule has 1 aliphatic rings. The van der Waals surface area contributed by atoms with Gasteiger partial charge in [-0.3, -0.25) is 4.79 Å². The zero-order chi connectivity index (χ0) is 16.1. The van der Waals surface area contributed by atoms with Gasteiger partial charge in [0, 0.05) is 6.92 Å². The molecule has 0 spiro atoms. The molecule has 1 aromatic carbocycles. The van der Waals surface area contributed by atoms with E-state index in [1.165, 1.54) is 6.92 Å². The van der Waals surface area contributed by atoms with Crippen LogP contribution in [0, 0.1) is 0 Å². The summed E-state index contributed by atoms with van der Waals surface area (Å²) in [5.74, 6) is -0.379. The molecule has 1 amide bonds. The van der Waals surface area contributed by atoms with Crippen LogP contribution in [0.5, 0.6) is 0 Å². The molecule has 4 N–H and O–H groups in total. The van der Waals surface area contributed by atoms with Crippen LogP contribution in [0.3, 0.4) is 0 Å². The second-order valence-corrected chi connectivity index (χ2v) is 5.23. The van der Waals surface area contributed by atoms with Crippen LogP contribution >= 0.6 is 0 Å². The number of ether oxygens (including phenoxy) is 2. The van der Waals surface area contributed by atoms with E-state index in [0.29, 0.717) is 0 Å². The maximum absolute atomic E-state index is 11.3. The molecule has 7 heteroatoms. The van der Waals surface area contributed by atoms with Gasteiger partial charge in [-0.25, -0.2) is 0 Å². The fraction of sp³-hybridized carbons (Fsp3) is 0.533. The Morgan fingerprint density at radius 2 is 1.95 bits per heavy atom. The van der Waals surface area contributed by atoms with Crippen molar-refractivity contribution in [2.24, 2.45) is 0 Å². The Labute approximate surface area is 128 Å². The lowest BCUT2D eigenvalue weighted by Gasteiger charge is -2.42. The number of carbonyl (C=O) groups is 1. The molecule has 1 aromatic rings. The van der Waals surface area contributed by atoms with Crippen LogP contribution in [0.1, 0.15) is 12.5 Å². The van der Waals surface area contributed by atoms with Crippen molar-refractivity contribution in [3.05, 3.63) is 35.9 Å². The lowest BCUT2D eigenvalue weighted by Crippen LogP contribution is -2.64. The Hall–Kier alpha value is -1.51. The number of amides is 1. The highest BCUT2D eigenvalue weighted by molar-refractivity contribution is 5.73. The van der Waals surface area contributed by atoms with Crippen molar-refractivity contribution in [2.75, 3.05) is 6.61 Å². The standard InChI is InChI=1S/C15H21NO6/c1-9(18)16-12-14(20)13(19)11(7-17)22-15(12)21-8-10-5-3-2-4-6-10/h2-6,11-15,17,19-20H,7-8H2,1H3,(H,16,18)/t11-,12-,13+,14+,15-/m1/s1. The molecule has 0 saturated carbocycles. The molecule has 1 fully saturated rings. The van der Waals surface area contributed by atoms with Crippen LogP contribution in [-0.4, -0.2) is 58.5 Å². The van der Waals surface area contributed by atoms with Gasteiger partial charge in [-0.2, -0.15) is 0 Å². The van der Waals surface area contributed by atoms with E-state index in [4.69, 9.17) is 9.47 Å². The average molecular weight is 311 g/mol. The molecule has 122 valence electrons. The average Bonchev–Trinajstić information content (AvgIpc) is 2.52. The summed E-state index contributed by atoms with van der Waals surface area (Å²) in [7, 11) is 0. The number of carbonyl (C=O) groups excluding carboxylic acids is 1. The van der Waals surface area contributed by atoms with Gasteiger partial charge in [0.05, 0.1) is 13.2 Å². The van der Waals surface area contributed by atoms with Crippen molar-refractivity contribution in [3.63, 3.8) is 0 Å². The predicted octanol–water partition coefficient (Wildman–Crippen LogP) is -0.853. The van der Waals surface area contributed by atoms with E-state index in [1.807, 2.05) is 30.3 Å². The topological polar surface area (TPSA) is 108 Å². The van der Waals surface area contributed by atoms with Crippen molar-refractivity contribution < 1.29 is 29.6 Å². The summed E-state index contributed by atoms with van der Waals surface area (Å²) < 4.78 is 11.1. The van der Waals surface area contributed by atoms with Gasteiger partial charge < -0.3 is 30.1 Å². The highest BCUT2D eigenvalue weighted by atomic mass is 16.7. The number of aliphatic hydroxyl groups is 3. The van der Waals surface area contributed by atoms with Crippen LogP contribution < -0.4 is 5.32 Å². The van der Waals surface area contributed by atoms with Gasteiger partial charge in [0.25, 0.3) is 0 Å². The quantitative estimate of drug-likeness (QED) is 0.564. The van der Waals surface area contributed by atoms with E-state index in [0.717, 1.165) is 5.56 Å². The maximum atomic E-state index is 11.3. The zero-order valence-corrected chi connectivity index (χ0v) is 12.3. The summed E-state index contributed by atoms with van der Waals surface area (Å²) in [6.45, 7) is 1.05. The normalized spacial score (nSPS) is 31.7. The van der Waals surface area contributed by atoms with Crippen molar-refractivity contribution >= 4 is 5.91 Å². The molecule has 7 nitrogen and oxygen atoms in total. The van der Waals surface area contributed by atoms with E-state index in [1.54, 1.807) is 0 Å². The van der Waals surface area contributed by atoms with Crippen LogP contribution in [0.25, 0.3) is 0 Å². The third-order valence-corrected chi connectivity index (χ3v) is 3.51. The van der Waals surface area contributed by atoms with Crippen molar-refractivity contribution in [3.8, 4) is 0 Å². The molecule has 22 heavy (non-hydrogen) atoms.